The summed E-state index contributed by atoms with van der Waals surface area (Å²) in [6.45, 7) is 1.80. The molecule has 1 heterocycles. The van der Waals surface area contributed by atoms with Crippen molar-refractivity contribution in [3.05, 3.63) is 57.7 Å². The highest BCUT2D eigenvalue weighted by molar-refractivity contribution is 9.10. The van der Waals surface area contributed by atoms with E-state index in [-0.39, 0.29) is 12.3 Å². The van der Waals surface area contributed by atoms with E-state index in [1.54, 1.807) is 19.1 Å². The zero-order valence-corrected chi connectivity index (χ0v) is 12.2. The summed E-state index contributed by atoms with van der Waals surface area (Å²) >= 11 is 3.31. The quantitative estimate of drug-likeness (QED) is 0.927. The number of benzene rings is 1. The van der Waals surface area contributed by atoms with Gasteiger partial charge in [0.1, 0.15) is 5.82 Å². The maximum Gasteiger partial charge on any atom is 0.229 e. The number of hydrogen-bond donors (Lipinski definition) is 1. The van der Waals surface area contributed by atoms with E-state index in [1.165, 1.54) is 6.07 Å². The van der Waals surface area contributed by atoms with Crippen LogP contribution in [0.5, 0.6) is 0 Å². The molecule has 0 aliphatic rings. The van der Waals surface area contributed by atoms with Crippen molar-refractivity contribution < 1.29 is 13.6 Å². The number of aromatic nitrogens is 1. The van der Waals surface area contributed by atoms with Gasteiger partial charge in [-0.05, 0) is 52.7 Å². The fourth-order valence-corrected chi connectivity index (χ4v) is 1.86. The molecular weight excluding hydrogens is 330 g/mol. The fraction of sp³-hybridized carbons (Fsp3) is 0.143. The van der Waals surface area contributed by atoms with E-state index in [2.05, 4.69) is 26.2 Å². The number of nitrogens with zero attached hydrogens (tertiary/aromatic N) is 1. The van der Waals surface area contributed by atoms with Crippen molar-refractivity contribution in [3.63, 3.8) is 0 Å². The average Bonchev–Trinajstić information content (AvgIpc) is 2.38. The summed E-state index contributed by atoms with van der Waals surface area (Å²) in [5, 5.41) is 2.61. The van der Waals surface area contributed by atoms with Crippen LogP contribution in [0, 0.1) is 18.6 Å². The van der Waals surface area contributed by atoms with Crippen LogP contribution < -0.4 is 5.32 Å². The highest BCUT2D eigenvalue weighted by Crippen LogP contribution is 2.16. The number of aryl methyl sites for hydroxylation is 1. The molecular formula is C14H11BrF2N2O. The molecule has 0 aliphatic carbocycles. The standard InChI is InChI=1S/C14H11BrF2N2O/c1-8-10(15)3-5-13(18-8)19-14(20)7-9-2-4-11(16)12(17)6-9/h2-6H,7H2,1H3,(H,18,19,20). The van der Waals surface area contributed by atoms with Gasteiger partial charge in [-0.3, -0.25) is 4.79 Å². The molecule has 104 valence electrons. The van der Waals surface area contributed by atoms with Crippen LogP contribution in [0.25, 0.3) is 0 Å². The Hall–Kier alpha value is -1.82. The number of nitrogens with one attached hydrogen (secondary N) is 1. The molecule has 2 aromatic rings. The Kier molecular flexibility index (Phi) is 4.44. The van der Waals surface area contributed by atoms with Crippen molar-refractivity contribution in [2.24, 2.45) is 0 Å². The first kappa shape index (κ1) is 14.6. The highest BCUT2D eigenvalue weighted by atomic mass is 79.9. The van der Waals surface area contributed by atoms with Crippen LogP contribution in [0.2, 0.25) is 0 Å². The Balaban J connectivity index is 2.04. The third-order valence-corrected chi connectivity index (χ3v) is 3.48. The molecule has 20 heavy (non-hydrogen) atoms. The number of hydrogen-bond acceptors (Lipinski definition) is 2. The molecule has 1 aromatic heterocycles. The van der Waals surface area contributed by atoms with Gasteiger partial charge in [0.15, 0.2) is 11.6 Å². The SMILES string of the molecule is Cc1nc(NC(=O)Cc2ccc(F)c(F)c2)ccc1Br. The second-order valence-electron chi connectivity index (χ2n) is 4.24. The first-order valence-electron chi connectivity index (χ1n) is 5.82. The summed E-state index contributed by atoms with van der Waals surface area (Å²) in [4.78, 5) is 16.0. The van der Waals surface area contributed by atoms with Gasteiger partial charge >= 0.3 is 0 Å². The summed E-state index contributed by atoms with van der Waals surface area (Å²) < 4.78 is 26.6. The zero-order chi connectivity index (χ0) is 14.7. The van der Waals surface area contributed by atoms with E-state index < -0.39 is 11.6 Å². The number of amides is 1. The average molecular weight is 341 g/mol. The third-order valence-electron chi connectivity index (χ3n) is 2.64. The van der Waals surface area contributed by atoms with Crippen LogP contribution in [0.1, 0.15) is 11.3 Å². The Bertz CT molecular complexity index is 606. The Morgan fingerprint density at radius 1 is 1.25 bits per heavy atom. The van der Waals surface area contributed by atoms with Crippen LogP contribution in [0.3, 0.4) is 0 Å². The van der Waals surface area contributed by atoms with E-state index in [0.717, 1.165) is 22.3 Å². The van der Waals surface area contributed by atoms with E-state index in [4.69, 9.17) is 0 Å². The lowest BCUT2D eigenvalue weighted by atomic mass is 10.1. The molecule has 0 aliphatic heterocycles. The van der Waals surface area contributed by atoms with Gasteiger partial charge in [-0.2, -0.15) is 0 Å². The molecule has 2 rings (SSSR count). The number of anilines is 1. The lowest BCUT2D eigenvalue weighted by Gasteiger charge is -2.06. The predicted octanol–water partition coefficient (Wildman–Crippen LogP) is 3.61. The first-order chi connectivity index (χ1) is 9.45. The van der Waals surface area contributed by atoms with Gasteiger partial charge in [-0.1, -0.05) is 6.07 Å². The summed E-state index contributed by atoms with van der Waals surface area (Å²) in [7, 11) is 0. The van der Waals surface area contributed by atoms with Crippen LogP contribution in [-0.2, 0) is 11.2 Å². The van der Waals surface area contributed by atoms with Gasteiger partial charge in [-0.15, -0.1) is 0 Å². The second-order valence-corrected chi connectivity index (χ2v) is 5.09. The van der Waals surface area contributed by atoms with Gasteiger partial charge in [0.2, 0.25) is 5.91 Å². The molecule has 0 unspecified atom stereocenters. The van der Waals surface area contributed by atoms with Crippen molar-refractivity contribution in [3.8, 4) is 0 Å². The number of halogens is 3. The minimum Gasteiger partial charge on any atom is -0.310 e. The molecule has 0 radical (unpaired) electrons. The van der Waals surface area contributed by atoms with Gasteiger partial charge in [-0.25, -0.2) is 13.8 Å². The monoisotopic (exact) mass is 340 g/mol. The van der Waals surface area contributed by atoms with Gasteiger partial charge in [0.25, 0.3) is 0 Å². The van der Waals surface area contributed by atoms with Crippen LogP contribution in [-0.4, -0.2) is 10.9 Å². The van der Waals surface area contributed by atoms with Gasteiger partial charge in [0, 0.05) is 4.47 Å². The normalized spacial score (nSPS) is 10.4. The molecule has 1 amide bonds. The summed E-state index contributed by atoms with van der Waals surface area (Å²) in [5.74, 6) is -1.82. The van der Waals surface area contributed by atoms with Crippen molar-refractivity contribution in [1.29, 1.82) is 0 Å². The molecule has 0 saturated heterocycles. The lowest BCUT2D eigenvalue weighted by molar-refractivity contribution is -0.115. The molecule has 6 heteroatoms. The van der Waals surface area contributed by atoms with Crippen molar-refractivity contribution in [1.82, 2.24) is 4.98 Å². The molecule has 0 spiro atoms. The molecule has 0 fully saturated rings. The first-order valence-corrected chi connectivity index (χ1v) is 6.62. The smallest absolute Gasteiger partial charge is 0.229 e. The Labute approximate surface area is 123 Å². The zero-order valence-electron chi connectivity index (χ0n) is 10.6. The summed E-state index contributed by atoms with van der Waals surface area (Å²) in [6, 6.07) is 6.81. The van der Waals surface area contributed by atoms with E-state index in [0.29, 0.717) is 11.4 Å². The minimum atomic E-state index is -0.965. The van der Waals surface area contributed by atoms with E-state index >= 15 is 0 Å². The number of pyridine rings is 1. The number of carbonyl (C=O) groups is 1. The molecule has 1 N–H and O–H groups in total. The number of carbonyl (C=O) groups excluding carboxylic acids is 1. The number of rotatable bonds is 3. The van der Waals surface area contributed by atoms with Crippen LogP contribution >= 0.6 is 15.9 Å². The molecule has 0 saturated carbocycles. The van der Waals surface area contributed by atoms with Gasteiger partial charge in [0.05, 0.1) is 12.1 Å². The van der Waals surface area contributed by atoms with E-state index in [9.17, 15) is 13.6 Å². The summed E-state index contributed by atoms with van der Waals surface area (Å²) in [6.07, 6.45) is -0.0476. The third kappa shape index (κ3) is 3.60. The molecule has 3 nitrogen and oxygen atoms in total. The van der Waals surface area contributed by atoms with E-state index in [1.807, 2.05) is 0 Å². The maximum atomic E-state index is 13.0. The minimum absolute atomic E-state index is 0.0476. The van der Waals surface area contributed by atoms with Crippen LogP contribution in [0.15, 0.2) is 34.8 Å². The predicted molar refractivity (Wildman–Crippen MR) is 75.4 cm³/mol. The van der Waals surface area contributed by atoms with Crippen molar-refractivity contribution in [2.75, 3.05) is 5.32 Å². The molecule has 1 aromatic carbocycles. The van der Waals surface area contributed by atoms with Crippen LogP contribution in [0.4, 0.5) is 14.6 Å². The van der Waals surface area contributed by atoms with Crippen molar-refractivity contribution >= 4 is 27.7 Å². The summed E-state index contributed by atoms with van der Waals surface area (Å²) in [5.41, 5.74) is 1.14. The second kappa shape index (κ2) is 6.09. The Morgan fingerprint density at radius 2 is 2.00 bits per heavy atom. The highest BCUT2D eigenvalue weighted by Gasteiger charge is 2.08. The largest absolute Gasteiger partial charge is 0.310 e. The topological polar surface area (TPSA) is 42.0 Å². The van der Waals surface area contributed by atoms with Gasteiger partial charge < -0.3 is 5.32 Å². The Morgan fingerprint density at radius 3 is 2.65 bits per heavy atom. The fourth-order valence-electron chi connectivity index (χ4n) is 1.64. The molecule has 0 atom stereocenters. The van der Waals surface area contributed by atoms with Crippen molar-refractivity contribution in [2.45, 2.75) is 13.3 Å². The molecule has 0 bridgehead atoms. The lowest BCUT2D eigenvalue weighted by Crippen LogP contribution is -2.15. The maximum absolute atomic E-state index is 13.0.